The Labute approximate surface area is 166 Å². The minimum Gasteiger partial charge on any atom is -0.423 e. The van der Waals surface area contributed by atoms with Crippen LogP contribution >= 0.6 is 0 Å². The van der Waals surface area contributed by atoms with Crippen molar-refractivity contribution >= 4 is 23.0 Å². The number of oxazole rings is 1. The summed E-state index contributed by atoms with van der Waals surface area (Å²) in [5.74, 6) is 0.411. The van der Waals surface area contributed by atoms with Crippen LogP contribution in [0.15, 0.2) is 22.6 Å². The van der Waals surface area contributed by atoms with Crippen molar-refractivity contribution in [1.82, 2.24) is 20.5 Å². The van der Waals surface area contributed by atoms with Gasteiger partial charge >= 0.3 is 0 Å². The van der Waals surface area contributed by atoms with E-state index in [0.717, 1.165) is 45.7 Å². The molecule has 3 heterocycles. The van der Waals surface area contributed by atoms with Crippen molar-refractivity contribution in [3.8, 4) is 0 Å². The fourth-order valence-corrected chi connectivity index (χ4v) is 4.23. The number of amides is 1. The number of aromatic nitrogens is 1. The minimum absolute atomic E-state index is 0.0615. The molecule has 152 valence electrons. The number of piperidine rings is 1. The van der Waals surface area contributed by atoms with Gasteiger partial charge in [-0.2, -0.15) is 4.98 Å². The van der Waals surface area contributed by atoms with Crippen LogP contribution in [0, 0.1) is 5.92 Å². The fraction of sp³-hybridized carbons (Fsp3) is 0.619. The van der Waals surface area contributed by atoms with Gasteiger partial charge in [0.1, 0.15) is 5.52 Å². The van der Waals surface area contributed by atoms with Crippen molar-refractivity contribution in [2.24, 2.45) is 5.92 Å². The lowest BCUT2D eigenvalue weighted by molar-refractivity contribution is 0.0867. The molecule has 2 aliphatic rings. The summed E-state index contributed by atoms with van der Waals surface area (Å²) in [5.41, 5.74) is 1.91. The number of nitrogens with one attached hydrogen (secondary N) is 2. The summed E-state index contributed by atoms with van der Waals surface area (Å²) < 4.78 is 6.01. The molecule has 2 aliphatic heterocycles. The highest BCUT2D eigenvalue weighted by Gasteiger charge is 2.29. The van der Waals surface area contributed by atoms with Crippen LogP contribution in [0.3, 0.4) is 0 Å². The van der Waals surface area contributed by atoms with E-state index in [4.69, 9.17) is 9.40 Å². The summed E-state index contributed by atoms with van der Waals surface area (Å²) in [6.07, 6.45) is 1.11. The number of rotatable bonds is 4. The zero-order valence-corrected chi connectivity index (χ0v) is 17.1. The van der Waals surface area contributed by atoms with Gasteiger partial charge in [0, 0.05) is 38.3 Å². The normalized spacial score (nSPS) is 26.5. The SMILES string of the molecule is CCN1CCC(C)C(NC(=O)c2cccc3oc(N4CCNCC4C)nc23)C1. The first-order chi connectivity index (χ1) is 13.6. The molecule has 0 radical (unpaired) electrons. The molecular weight excluding hydrogens is 354 g/mol. The van der Waals surface area contributed by atoms with Gasteiger partial charge in [0.05, 0.1) is 5.56 Å². The molecule has 3 atom stereocenters. The molecule has 0 saturated carbocycles. The Bertz CT molecular complexity index is 835. The number of anilines is 1. The highest BCUT2D eigenvalue weighted by Crippen LogP contribution is 2.27. The molecule has 2 saturated heterocycles. The van der Waals surface area contributed by atoms with Gasteiger partial charge in [-0.05, 0) is 44.5 Å². The number of carbonyl (C=O) groups excluding carboxylic acids is 1. The van der Waals surface area contributed by atoms with Crippen LogP contribution in [0.25, 0.3) is 11.1 Å². The van der Waals surface area contributed by atoms with E-state index in [-0.39, 0.29) is 11.9 Å². The Balaban J connectivity index is 1.57. The Morgan fingerprint density at radius 2 is 2.21 bits per heavy atom. The average Bonchev–Trinajstić information content (AvgIpc) is 3.14. The monoisotopic (exact) mass is 385 g/mol. The van der Waals surface area contributed by atoms with E-state index in [1.54, 1.807) is 0 Å². The van der Waals surface area contributed by atoms with Gasteiger partial charge in [-0.1, -0.05) is 19.9 Å². The van der Waals surface area contributed by atoms with Crippen molar-refractivity contribution in [2.75, 3.05) is 44.2 Å². The molecule has 0 spiro atoms. The first-order valence-corrected chi connectivity index (χ1v) is 10.5. The van der Waals surface area contributed by atoms with Crippen molar-refractivity contribution < 1.29 is 9.21 Å². The van der Waals surface area contributed by atoms with Gasteiger partial charge in [-0.25, -0.2) is 0 Å². The minimum atomic E-state index is -0.0615. The first kappa shape index (κ1) is 19.2. The van der Waals surface area contributed by atoms with Crippen LogP contribution < -0.4 is 15.5 Å². The maximum Gasteiger partial charge on any atom is 0.298 e. The molecule has 2 aromatic rings. The van der Waals surface area contributed by atoms with E-state index >= 15 is 0 Å². The predicted molar refractivity (Wildman–Crippen MR) is 111 cm³/mol. The predicted octanol–water partition coefficient (Wildman–Crippen LogP) is 2.09. The van der Waals surface area contributed by atoms with E-state index in [0.29, 0.717) is 34.6 Å². The summed E-state index contributed by atoms with van der Waals surface area (Å²) >= 11 is 0. The number of likely N-dealkylation sites (N-methyl/N-ethyl adjacent to an activating group) is 1. The molecule has 3 unspecified atom stereocenters. The lowest BCUT2D eigenvalue weighted by atomic mass is 9.93. The molecule has 4 rings (SSSR count). The van der Waals surface area contributed by atoms with E-state index in [1.165, 1.54) is 0 Å². The molecule has 7 heteroatoms. The van der Waals surface area contributed by atoms with Crippen LogP contribution in [0.5, 0.6) is 0 Å². The van der Waals surface area contributed by atoms with Crippen molar-refractivity contribution in [3.63, 3.8) is 0 Å². The van der Waals surface area contributed by atoms with Gasteiger partial charge < -0.3 is 24.9 Å². The van der Waals surface area contributed by atoms with Gasteiger partial charge in [0.15, 0.2) is 5.58 Å². The summed E-state index contributed by atoms with van der Waals surface area (Å²) in [6, 6.07) is 6.68. The second-order valence-electron chi connectivity index (χ2n) is 8.13. The number of carbonyl (C=O) groups is 1. The molecule has 1 aromatic heterocycles. The largest absolute Gasteiger partial charge is 0.423 e. The summed E-state index contributed by atoms with van der Waals surface area (Å²) in [5, 5.41) is 6.63. The smallest absolute Gasteiger partial charge is 0.298 e. The molecular formula is C21H31N5O2. The second kappa shape index (κ2) is 8.09. The average molecular weight is 386 g/mol. The molecule has 2 fully saturated rings. The number of nitrogens with zero attached hydrogens (tertiary/aromatic N) is 3. The maximum absolute atomic E-state index is 13.1. The summed E-state index contributed by atoms with van der Waals surface area (Å²) in [4.78, 5) is 22.4. The fourth-order valence-electron chi connectivity index (χ4n) is 4.23. The van der Waals surface area contributed by atoms with Crippen LogP contribution in [-0.2, 0) is 0 Å². The van der Waals surface area contributed by atoms with Gasteiger partial charge in [0.2, 0.25) is 0 Å². The Hall–Kier alpha value is -2.12. The highest BCUT2D eigenvalue weighted by atomic mass is 16.4. The van der Waals surface area contributed by atoms with E-state index in [9.17, 15) is 4.79 Å². The number of hydrogen-bond acceptors (Lipinski definition) is 6. The lowest BCUT2D eigenvalue weighted by Crippen LogP contribution is -2.51. The molecule has 2 N–H and O–H groups in total. The lowest BCUT2D eigenvalue weighted by Gasteiger charge is -2.36. The first-order valence-electron chi connectivity index (χ1n) is 10.5. The zero-order valence-electron chi connectivity index (χ0n) is 17.1. The second-order valence-corrected chi connectivity index (χ2v) is 8.13. The van der Waals surface area contributed by atoms with Crippen molar-refractivity contribution in [3.05, 3.63) is 23.8 Å². The van der Waals surface area contributed by atoms with Crippen LogP contribution in [-0.4, -0.2) is 67.1 Å². The van der Waals surface area contributed by atoms with Crippen molar-refractivity contribution in [2.45, 2.75) is 39.3 Å². The zero-order chi connectivity index (χ0) is 19.7. The van der Waals surface area contributed by atoms with E-state index in [2.05, 4.69) is 41.2 Å². The number of benzene rings is 1. The Morgan fingerprint density at radius 3 is 3.00 bits per heavy atom. The summed E-state index contributed by atoms with van der Waals surface area (Å²) in [7, 11) is 0. The third-order valence-corrected chi connectivity index (χ3v) is 6.21. The van der Waals surface area contributed by atoms with Gasteiger partial charge in [-0.15, -0.1) is 0 Å². The van der Waals surface area contributed by atoms with E-state index < -0.39 is 0 Å². The number of para-hydroxylation sites is 1. The third-order valence-electron chi connectivity index (χ3n) is 6.21. The molecule has 0 bridgehead atoms. The Kier molecular flexibility index (Phi) is 5.55. The standard InChI is InChI=1S/C21H31N5O2/c1-4-25-10-8-14(2)17(13-25)23-20(27)16-6-5-7-18-19(16)24-21(28-18)26-11-9-22-12-15(26)3/h5-7,14-15,17,22H,4,8-13H2,1-3H3,(H,23,27). The molecule has 28 heavy (non-hydrogen) atoms. The third kappa shape index (κ3) is 3.73. The van der Waals surface area contributed by atoms with Gasteiger partial charge in [-0.3, -0.25) is 4.79 Å². The van der Waals surface area contributed by atoms with Crippen LogP contribution in [0.1, 0.15) is 37.6 Å². The molecule has 7 nitrogen and oxygen atoms in total. The maximum atomic E-state index is 13.1. The number of fused-ring (bicyclic) bond motifs is 1. The molecule has 1 aromatic carbocycles. The van der Waals surface area contributed by atoms with Crippen LogP contribution in [0.2, 0.25) is 0 Å². The van der Waals surface area contributed by atoms with Gasteiger partial charge in [0.25, 0.3) is 11.9 Å². The number of piperazine rings is 1. The van der Waals surface area contributed by atoms with E-state index in [1.807, 2.05) is 18.2 Å². The Morgan fingerprint density at radius 1 is 1.36 bits per heavy atom. The highest BCUT2D eigenvalue weighted by molar-refractivity contribution is 6.04. The summed E-state index contributed by atoms with van der Waals surface area (Å²) in [6.45, 7) is 12.2. The molecule has 1 amide bonds. The van der Waals surface area contributed by atoms with Crippen LogP contribution in [0.4, 0.5) is 6.01 Å². The topological polar surface area (TPSA) is 73.6 Å². The van der Waals surface area contributed by atoms with Crippen molar-refractivity contribution in [1.29, 1.82) is 0 Å². The molecule has 0 aliphatic carbocycles. The number of likely N-dealkylation sites (tertiary alicyclic amines) is 1. The number of hydrogen-bond donors (Lipinski definition) is 2. The quantitative estimate of drug-likeness (QED) is 0.840.